The summed E-state index contributed by atoms with van der Waals surface area (Å²) in [7, 11) is 0. The molecule has 4 nitrogen and oxygen atoms in total. The van der Waals surface area contributed by atoms with Crippen LogP contribution in [0.1, 0.15) is 52.6 Å². The van der Waals surface area contributed by atoms with E-state index in [9.17, 15) is 18.4 Å². The van der Waals surface area contributed by atoms with Crippen molar-refractivity contribution >= 4 is 46.1 Å². The third kappa shape index (κ3) is 11.3. The van der Waals surface area contributed by atoms with E-state index in [1.807, 2.05) is 26.8 Å². The van der Waals surface area contributed by atoms with Crippen LogP contribution in [-0.4, -0.2) is 16.0 Å². The third-order valence-corrected chi connectivity index (χ3v) is 3.60. The van der Waals surface area contributed by atoms with Gasteiger partial charge in [-0.2, -0.15) is 0 Å². The largest absolute Gasteiger partial charge is 0.276 e. The van der Waals surface area contributed by atoms with Crippen molar-refractivity contribution in [2.75, 3.05) is 0 Å². The summed E-state index contributed by atoms with van der Waals surface area (Å²) in [6.45, 7) is 8.92. The van der Waals surface area contributed by atoms with Crippen LogP contribution in [-0.2, 0) is 0 Å². The average molecular weight is 470 g/mol. The Bertz CT molecular complexity index is 785. The highest BCUT2D eigenvalue weighted by Gasteiger charge is 2.19. The van der Waals surface area contributed by atoms with E-state index in [1.165, 1.54) is 19.9 Å². The standard InChI is InChI=1S/C9H7ClF2O.C7H5ClO.C4H12N2.ClH/c1-4-3-5(2)8(12)6(7(4)11)9(10)13;8-7(9)6-4-2-1-3-5-6;1-4(2,3)6-5;/h3H,1-2H3;1-5H;6H,5H2,1-3H3;1H. The molecule has 0 unspecified atom stereocenters. The number of benzene rings is 2. The van der Waals surface area contributed by atoms with Gasteiger partial charge in [-0.3, -0.25) is 20.9 Å². The Morgan fingerprint density at radius 2 is 1.31 bits per heavy atom. The van der Waals surface area contributed by atoms with Gasteiger partial charge in [-0.15, -0.1) is 12.4 Å². The van der Waals surface area contributed by atoms with Gasteiger partial charge in [0, 0.05) is 11.1 Å². The number of carbonyl (C=O) groups excluding carboxylic acids is 2. The van der Waals surface area contributed by atoms with Gasteiger partial charge in [-0.05, 0) is 68.9 Å². The van der Waals surface area contributed by atoms with Gasteiger partial charge in [0.15, 0.2) is 0 Å². The zero-order chi connectivity index (χ0) is 22.1. The molecule has 0 spiro atoms. The van der Waals surface area contributed by atoms with Crippen LogP contribution < -0.4 is 11.3 Å². The van der Waals surface area contributed by atoms with Crippen molar-refractivity contribution in [2.45, 2.75) is 40.2 Å². The second-order valence-corrected chi connectivity index (χ2v) is 7.51. The summed E-state index contributed by atoms with van der Waals surface area (Å²) in [5.41, 5.74) is 2.97. The van der Waals surface area contributed by atoms with Crippen molar-refractivity contribution < 1.29 is 18.4 Å². The van der Waals surface area contributed by atoms with Crippen molar-refractivity contribution in [1.82, 2.24) is 5.43 Å². The number of carbonyl (C=O) groups is 2. The molecule has 3 N–H and O–H groups in total. The van der Waals surface area contributed by atoms with Crippen LogP contribution in [0.2, 0.25) is 0 Å². The lowest BCUT2D eigenvalue weighted by Crippen LogP contribution is -2.41. The molecule has 0 fully saturated rings. The fourth-order valence-corrected chi connectivity index (χ4v) is 1.98. The Morgan fingerprint density at radius 3 is 1.55 bits per heavy atom. The molecule has 0 heterocycles. The zero-order valence-electron chi connectivity index (χ0n) is 16.8. The van der Waals surface area contributed by atoms with Gasteiger partial charge >= 0.3 is 0 Å². The molecule has 0 atom stereocenters. The highest BCUT2D eigenvalue weighted by molar-refractivity contribution is 6.68. The Morgan fingerprint density at radius 1 is 0.931 bits per heavy atom. The molecule has 2 rings (SSSR count). The van der Waals surface area contributed by atoms with E-state index in [0.29, 0.717) is 5.56 Å². The van der Waals surface area contributed by atoms with Crippen molar-refractivity contribution in [3.05, 3.63) is 70.3 Å². The van der Waals surface area contributed by atoms with Gasteiger partial charge < -0.3 is 0 Å². The molecule has 2 aromatic carbocycles. The first kappa shape index (κ1) is 29.6. The quantitative estimate of drug-likeness (QED) is 0.336. The van der Waals surface area contributed by atoms with Gasteiger partial charge in [-0.25, -0.2) is 8.78 Å². The summed E-state index contributed by atoms with van der Waals surface area (Å²) in [5.74, 6) is 3.28. The summed E-state index contributed by atoms with van der Waals surface area (Å²) in [5, 5.41) is -1.52. The number of hydrogen-bond acceptors (Lipinski definition) is 4. The van der Waals surface area contributed by atoms with Crippen LogP contribution in [0.25, 0.3) is 0 Å². The molecular weight excluding hydrogens is 445 g/mol. The monoisotopic (exact) mass is 468 g/mol. The van der Waals surface area contributed by atoms with Crippen LogP contribution in [0.4, 0.5) is 8.78 Å². The van der Waals surface area contributed by atoms with E-state index in [1.54, 1.807) is 24.3 Å². The number of aryl methyl sites for hydroxylation is 2. The summed E-state index contributed by atoms with van der Waals surface area (Å²) >= 11 is 10.2. The van der Waals surface area contributed by atoms with Crippen LogP contribution in [0.3, 0.4) is 0 Å². The fraction of sp³-hybridized carbons (Fsp3) is 0.300. The predicted octanol–water partition coefficient (Wildman–Crippen LogP) is 5.70. The molecule has 0 saturated carbocycles. The molecule has 0 aliphatic carbocycles. The molecule has 0 saturated heterocycles. The third-order valence-electron chi connectivity index (χ3n) is 3.19. The van der Waals surface area contributed by atoms with Gasteiger partial charge in [0.1, 0.15) is 17.2 Å². The lowest BCUT2D eigenvalue weighted by molar-refractivity contribution is 0.106. The molecule has 0 bridgehead atoms. The van der Waals surface area contributed by atoms with Crippen molar-refractivity contribution in [2.24, 2.45) is 5.84 Å². The second-order valence-electron chi connectivity index (χ2n) is 6.82. The number of hydrogen-bond donors (Lipinski definition) is 2. The summed E-state index contributed by atoms with van der Waals surface area (Å²) in [6.07, 6.45) is 0. The molecule has 162 valence electrons. The average Bonchev–Trinajstić information content (AvgIpc) is 2.61. The Balaban J connectivity index is 0. The second kappa shape index (κ2) is 13.6. The SMILES string of the molecule is CC(C)(C)NN.Cc1cc(C)c(F)c(C(=O)Cl)c1F.Cl.O=C(Cl)c1ccccc1. The van der Waals surface area contributed by atoms with E-state index in [2.05, 4.69) is 5.43 Å². The summed E-state index contributed by atoms with van der Waals surface area (Å²) in [4.78, 5) is 21.1. The maximum absolute atomic E-state index is 13.1. The summed E-state index contributed by atoms with van der Waals surface area (Å²) < 4.78 is 26.3. The minimum atomic E-state index is -1.11. The first-order valence-electron chi connectivity index (χ1n) is 8.19. The van der Waals surface area contributed by atoms with Gasteiger partial charge in [0.2, 0.25) is 0 Å². The molecule has 29 heavy (non-hydrogen) atoms. The molecule has 0 radical (unpaired) electrons. The summed E-state index contributed by atoms with van der Waals surface area (Å²) in [6, 6.07) is 10.1. The van der Waals surface area contributed by atoms with Crippen molar-refractivity contribution in [3.8, 4) is 0 Å². The normalized spacial score (nSPS) is 9.86. The smallest absolute Gasteiger partial charge is 0.258 e. The lowest BCUT2D eigenvalue weighted by Gasteiger charge is -2.14. The minimum Gasteiger partial charge on any atom is -0.276 e. The molecule has 2 aromatic rings. The molecule has 0 aliphatic heterocycles. The fourth-order valence-electron chi connectivity index (χ4n) is 1.68. The van der Waals surface area contributed by atoms with E-state index in [-0.39, 0.29) is 29.1 Å². The van der Waals surface area contributed by atoms with E-state index >= 15 is 0 Å². The first-order chi connectivity index (χ1) is 12.8. The lowest BCUT2D eigenvalue weighted by atomic mass is 10.1. The first-order valence-corrected chi connectivity index (χ1v) is 8.95. The number of halogens is 5. The number of nitrogens with two attached hydrogens (primary N) is 1. The Labute approximate surface area is 186 Å². The van der Waals surface area contributed by atoms with Crippen molar-refractivity contribution in [1.29, 1.82) is 0 Å². The highest BCUT2D eigenvalue weighted by Crippen LogP contribution is 2.21. The topological polar surface area (TPSA) is 72.2 Å². The molecular formula is C20H25Cl3F2N2O2. The van der Waals surface area contributed by atoms with Crippen LogP contribution in [0, 0.1) is 25.5 Å². The molecule has 0 aliphatic rings. The highest BCUT2D eigenvalue weighted by atomic mass is 35.5. The minimum absolute atomic E-state index is 0. The number of rotatable bonds is 2. The number of nitrogens with one attached hydrogen (secondary N) is 1. The van der Waals surface area contributed by atoms with E-state index in [0.717, 1.165) is 0 Å². The Hall–Kier alpha value is -1.57. The van der Waals surface area contributed by atoms with Gasteiger partial charge in [0.05, 0.1) is 0 Å². The maximum atomic E-state index is 13.1. The van der Waals surface area contributed by atoms with Gasteiger partial charge in [0.25, 0.3) is 10.5 Å². The van der Waals surface area contributed by atoms with Crippen LogP contribution in [0.5, 0.6) is 0 Å². The molecule has 0 amide bonds. The molecule has 9 heteroatoms. The zero-order valence-corrected chi connectivity index (χ0v) is 19.1. The van der Waals surface area contributed by atoms with E-state index < -0.39 is 27.7 Å². The van der Waals surface area contributed by atoms with E-state index in [4.69, 9.17) is 29.0 Å². The van der Waals surface area contributed by atoms with Gasteiger partial charge in [-0.1, -0.05) is 36.4 Å². The maximum Gasteiger partial charge on any atom is 0.258 e. The van der Waals surface area contributed by atoms with Crippen LogP contribution >= 0.6 is 35.6 Å². The molecule has 0 aromatic heterocycles. The number of hydrazine groups is 1. The van der Waals surface area contributed by atoms with Crippen LogP contribution in [0.15, 0.2) is 36.4 Å². The van der Waals surface area contributed by atoms with Crippen molar-refractivity contribution in [3.63, 3.8) is 0 Å². The Kier molecular flexibility index (Phi) is 13.9. The predicted molar refractivity (Wildman–Crippen MR) is 117 cm³/mol.